The van der Waals surface area contributed by atoms with E-state index >= 15 is 0 Å². The summed E-state index contributed by atoms with van der Waals surface area (Å²) in [5.74, 6) is 0.288. The van der Waals surface area contributed by atoms with Crippen LogP contribution in [-0.2, 0) is 0 Å². The fraction of sp³-hybridized carbons (Fsp3) is 0.875. The number of likely N-dealkylation sites (tertiary alicyclic amines) is 1. The van der Waals surface area contributed by atoms with Crippen LogP contribution in [0.15, 0.2) is 0 Å². The Hall–Kier alpha value is -0.770. The van der Waals surface area contributed by atoms with E-state index in [0.717, 1.165) is 12.8 Å². The monoisotopic (exact) mass is 173 g/mol. The zero-order valence-electron chi connectivity index (χ0n) is 7.23. The molecule has 0 aromatic carbocycles. The smallest absolute Gasteiger partial charge is 0.407 e. The van der Waals surface area contributed by atoms with Crippen LogP contribution in [0.4, 0.5) is 4.79 Å². The van der Waals surface area contributed by atoms with Gasteiger partial charge in [0, 0.05) is 19.2 Å². The number of piperidine rings is 1. The molecule has 1 amide bonds. The van der Waals surface area contributed by atoms with Gasteiger partial charge in [-0.05, 0) is 25.7 Å². The number of hydrogen-bond donors (Lipinski definition) is 2. The minimum atomic E-state index is -0.848. The van der Waals surface area contributed by atoms with Crippen LogP contribution in [0, 0.1) is 5.92 Å². The fourth-order valence-electron chi connectivity index (χ4n) is 1.72. The molecule has 0 aliphatic carbocycles. The second kappa shape index (κ2) is 3.76. The number of nitrogens with zero attached hydrogens (tertiary/aromatic N) is 1. The quantitative estimate of drug-likeness (QED) is 0.615. The molecule has 2 unspecified atom stereocenters. The van der Waals surface area contributed by atoms with Gasteiger partial charge in [0.2, 0.25) is 0 Å². The van der Waals surface area contributed by atoms with Crippen molar-refractivity contribution >= 4 is 6.09 Å². The van der Waals surface area contributed by atoms with Crippen molar-refractivity contribution in [2.24, 2.45) is 5.92 Å². The molecule has 0 radical (unpaired) electrons. The highest BCUT2D eigenvalue weighted by Gasteiger charge is 2.27. The van der Waals surface area contributed by atoms with E-state index in [0.29, 0.717) is 6.54 Å². The molecule has 4 nitrogen and oxygen atoms in total. The van der Waals surface area contributed by atoms with E-state index in [9.17, 15) is 4.79 Å². The summed E-state index contributed by atoms with van der Waals surface area (Å²) in [5, 5.41) is 17.6. The Morgan fingerprint density at radius 1 is 1.67 bits per heavy atom. The molecule has 0 saturated carbocycles. The van der Waals surface area contributed by atoms with Crippen LogP contribution in [0.1, 0.15) is 19.8 Å². The van der Waals surface area contributed by atoms with E-state index in [4.69, 9.17) is 10.2 Å². The predicted molar refractivity (Wildman–Crippen MR) is 44.0 cm³/mol. The van der Waals surface area contributed by atoms with Crippen LogP contribution < -0.4 is 0 Å². The van der Waals surface area contributed by atoms with E-state index in [1.807, 2.05) is 6.92 Å². The summed E-state index contributed by atoms with van der Waals surface area (Å²) < 4.78 is 0. The number of carbonyl (C=O) groups is 1. The van der Waals surface area contributed by atoms with Crippen LogP contribution >= 0.6 is 0 Å². The minimum absolute atomic E-state index is 0.0494. The molecule has 0 aromatic rings. The van der Waals surface area contributed by atoms with Gasteiger partial charge in [-0.3, -0.25) is 0 Å². The summed E-state index contributed by atoms with van der Waals surface area (Å²) in [5.41, 5.74) is 0. The SMILES string of the molecule is CC1CC(CO)CCN1C(=O)O. The topological polar surface area (TPSA) is 60.8 Å². The molecular weight excluding hydrogens is 158 g/mol. The lowest BCUT2D eigenvalue weighted by Crippen LogP contribution is -2.44. The Bertz CT molecular complexity index is 172. The van der Waals surface area contributed by atoms with Crippen molar-refractivity contribution in [2.45, 2.75) is 25.8 Å². The third-order valence-corrected chi connectivity index (χ3v) is 2.49. The Balaban J connectivity index is 2.47. The molecule has 70 valence electrons. The maximum absolute atomic E-state index is 10.6. The first kappa shape index (κ1) is 9.32. The van der Waals surface area contributed by atoms with Crippen molar-refractivity contribution in [3.05, 3.63) is 0 Å². The van der Waals surface area contributed by atoms with Crippen molar-refractivity contribution < 1.29 is 15.0 Å². The molecule has 12 heavy (non-hydrogen) atoms. The molecule has 2 N–H and O–H groups in total. The normalized spacial score (nSPS) is 30.3. The summed E-state index contributed by atoms with van der Waals surface area (Å²) in [6.45, 7) is 2.62. The van der Waals surface area contributed by atoms with Gasteiger partial charge in [0.05, 0.1) is 0 Å². The molecule has 0 spiro atoms. The van der Waals surface area contributed by atoms with Crippen LogP contribution in [0.2, 0.25) is 0 Å². The van der Waals surface area contributed by atoms with Crippen molar-refractivity contribution in [3.8, 4) is 0 Å². The van der Waals surface area contributed by atoms with E-state index in [2.05, 4.69) is 0 Å². The van der Waals surface area contributed by atoms with Gasteiger partial charge in [-0.15, -0.1) is 0 Å². The Morgan fingerprint density at radius 3 is 2.75 bits per heavy atom. The number of rotatable bonds is 1. The number of aliphatic hydroxyl groups excluding tert-OH is 1. The van der Waals surface area contributed by atoms with Gasteiger partial charge in [0.15, 0.2) is 0 Å². The van der Waals surface area contributed by atoms with Gasteiger partial charge in [0.1, 0.15) is 0 Å². The maximum Gasteiger partial charge on any atom is 0.407 e. The molecule has 4 heteroatoms. The molecule has 0 aromatic heterocycles. The zero-order chi connectivity index (χ0) is 9.14. The fourth-order valence-corrected chi connectivity index (χ4v) is 1.72. The highest BCUT2D eigenvalue weighted by Crippen LogP contribution is 2.21. The van der Waals surface area contributed by atoms with E-state index in [-0.39, 0.29) is 18.6 Å². The predicted octanol–water partition coefficient (Wildman–Crippen LogP) is 0.757. The first-order valence-corrected chi connectivity index (χ1v) is 4.25. The van der Waals surface area contributed by atoms with E-state index in [1.54, 1.807) is 0 Å². The van der Waals surface area contributed by atoms with Crippen LogP contribution in [0.5, 0.6) is 0 Å². The lowest BCUT2D eigenvalue weighted by Gasteiger charge is -2.34. The summed E-state index contributed by atoms with van der Waals surface area (Å²) in [6.07, 6.45) is 0.717. The van der Waals surface area contributed by atoms with Gasteiger partial charge in [0.25, 0.3) is 0 Å². The molecule has 1 aliphatic heterocycles. The third-order valence-electron chi connectivity index (χ3n) is 2.49. The molecular formula is C8H15NO3. The maximum atomic E-state index is 10.6. The number of carboxylic acid groups (broad SMARTS) is 1. The van der Waals surface area contributed by atoms with Crippen molar-refractivity contribution in [1.29, 1.82) is 0 Å². The van der Waals surface area contributed by atoms with Crippen LogP contribution in [-0.4, -0.2) is 40.4 Å². The standard InChI is InChI=1S/C8H15NO3/c1-6-4-7(5-10)2-3-9(6)8(11)12/h6-7,10H,2-5H2,1H3,(H,11,12). The number of amides is 1. The molecule has 1 aliphatic rings. The van der Waals surface area contributed by atoms with Gasteiger partial charge < -0.3 is 15.1 Å². The molecule has 0 bridgehead atoms. The lowest BCUT2D eigenvalue weighted by atomic mass is 9.93. The number of hydrogen-bond acceptors (Lipinski definition) is 2. The lowest BCUT2D eigenvalue weighted by molar-refractivity contribution is 0.0784. The highest BCUT2D eigenvalue weighted by atomic mass is 16.4. The molecule has 1 fully saturated rings. The largest absolute Gasteiger partial charge is 0.465 e. The third kappa shape index (κ3) is 1.88. The van der Waals surface area contributed by atoms with Crippen LogP contribution in [0.25, 0.3) is 0 Å². The van der Waals surface area contributed by atoms with Gasteiger partial charge >= 0.3 is 6.09 Å². The second-order valence-electron chi connectivity index (χ2n) is 3.40. The average Bonchev–Trinajstić information content (AvgIpc) is 2.03. The summed E-state index contributed by atoms with van der Waals surface area (Å²) in [6, 6.07) is 0.0494. The number of aliphatic hydroxyl groups is 1. The Morgan fingerprint density at radius 2 is 2.33 bits per heavy atom. The van der Waals surface area contributed by atoms with Crippen molar-refractivity contribution in [1.82, 2.24) is 4.90 Å². The second-order valence-corrected chi connectivity index (χ2v) is 3.40. The van der Waals surface area contributed by atoms with Crippen molar-refractivity contribution in [3.63, 3.8) is 0 Å². The Kier molecular flexibility index (Phi) is 2.92. The first-order valence-electron chi connectivity index (χ1n) is 4.25. The zero-order valence-corrected chi connectivity index (χ0v) is 7.23. The first-order chi connectivity index (χ1) is 5.65. The molecule has 1 rings (SSSR count). The molecule has 1 saturated heterocycles. The average molecular weight is 173 g/mol. The van der Waals surface area contributed by atoms with Gasteiger partial charge in [-0.25, -0.2) is 4.79 Å². The Labute approximate surface area is 71.8 Å². The summed E-state index contributed by atoms with van der Waals surface area (Å²) in [7, 11) is 0. The minimum Gasteiger partial charge on any atom is -0.465 e. The van der Waals surface area contributed by atoms with Gasteiger partial charge in [-0.1, -0.05) is 0 Å². The van der Waals surface area contributed by atoms with E-state index < -0.39 is 6.09 Å². The molecule has 1 heterocycles. The summed E-state index contributed by atoms with van der Waals surface area (Å²) >= 11 is 0. The van der Waals surface area contributed by atoms with Crippen molar-refractivity contribution in [2.75, 3.05) is 13.2 Å². The summed E-state index contributed by atoms with van der Waals surface area (Å²) in [4.78, 5) is 12.1. The van der Waals surface area contributed by atoms with Gasteiger partial charge in [-0.2, -0.15) is 0 Å². The van der Waals surface area contributed by atoms with Crippen LogP contribution in [0.3, 0.4) is 0 Å². The highest BCUT2D eigenvalue weighted by molar-refractivity contribution is 5.65. The molecule has 2 atom stereocenters. The van der Waals surface area contributed by atoms with E-state index in [1.165, 1.54) is 4.90 Å².